The summed E-state index contributed by atoms with van der Waals surface area (Å²) in [5.41, 5.74) is -0.0877. The minimum atomic E-state index is -4.43. The first-order valence-electron chi connectivity index (χ1n) is 5.22. The van der Waals surface area contributed by atoms with Crippen LogP contribution in [0.3, 0.4) is 0 Å². The summed E-state index contributed by atoms with van der Waals surface area (Å²) in [6, 6.07) is 6.31. The quantitative estimate of drug-likeness (QED) is 0.412. The standard InChI is InChI=1S/C13H5Cl3F3I/c14-7-4-9(15)12(10(16)5-7)8-3-6(13(17,18)19)1-2-11(8)20/h1-5H. The zero-order chi connectivity index (χ0) is 15.1. The zero-order valence-corrected chi connectivity index (χ0v) is 14.0. The number of benzene rings is 2. The Kier molecular flexibility index (Phi) is 4.79. The van der Waals surface area contributed by atoms with Crippen LogP contribution in [0.4, 0.5) is 13.2 Å². The van der Waals surface area contributed by atoms with Crippen molar-refractivity contribution in [1.82, 2.24) is 0 Å². The summed E-state index contributed by atoms with van der Waals surface area (Å²) in [7, 11) is 0. The van der Waals surface area contributed by atoms with Gasteiger partial charge >= 0.3 is 6.18 Å². The van der Waals surface area contributed by atoms with E-state index in [9.17, 15) is 13.2 Å². The molecule has 0 saturated carbocycles. The second-order valence-corrected chi connectivity index (χ2v) is 6.35. The van der Waals surface area contributed by atoms with Gasteiger partial charge in [0.15, 0.2) is 0 Å². The molecule has 0 radical (unpaired) electrons. The summed E-state index contributed by atoms with van der Waals surface area (Å²) in [6.07, 6.45) is -4.43. The van der Waals surface area contributed by atoms with Crippen LogP contribution in [0.1, 0.15) is 5.56 Å². The SMILES string of the molecule is FC(F)(F)c1ccc(I)c(-c2c(Cl)cc(Cl)cc2Cl)c1. The van der Waals surface area contributed by atoms with E-state index in [0.29, 0.717) is 19.7 Å². The Hall–Kier alpha value is -0.170. The monoisotopic (exact) mass is 450 g/mol. The van der Waals surface area contributed by atoms with E-state index >= 15 is 0 Å². The van der Waals surface area contributed by atoms with Crippen LogP contribution in [0.2, 0.25) is 15.1 Å². The topological polar surface area (TPSA) is 0 Å². The van der Waals surface area contributed by atoms with E-state index < -0.39 is 11.7 Å². The van der Waals surface area contributed by atoms with Crippen molar-refractivity contribution in [2.45, 2.75) is 6.18 Å². The van der Waals surface area contributed by atoms with Gasteiger partial charge in [-0.05, 0) is 58.5 Å². The average molecular weight is 451 g/mol. The summed E-state index contributed by atoms with van der Waals surface area (Å²) in [5, 5.41) is 0.741. The molecule has 0 aliphatic heterocycles. The Morgan fingerprint density at radius 2 is 1.45 bits per heavy atom. The Labute approximate surface area is 142 Å². The van der Waals surface area contributed by atoms with Gasteiger partial charge in [0.25, 0.3) is 0 Å². The first-order valence-corrected chi connectivity index (χ1v) is 7.43. The van der Waals surface area contributed by atoms with Gasteiger partial charge < -0.3 is 0 Å². The molecule has 0 amide bonds. The van der Waals surface area contributed by atoms with E-state index in [1.54, 1.807) is 0 Å². The first-order chi connectivity index (χ1) is 9.20. The third kappa shape index (κ3) is 3.35. The minimum absolute atomic E-state index is 0.208. The second kappa shape index (κ2) is 5.91. The van der Waals surface area contributed by atoms with Crippen molar-refractivity contribution in [3.63, 3.8) is 0 Å². The van der Waals surface area contributed by atoms with Gasteiger partial charge in [0.05, 0.1) is 15.6 Å². The molecular formula is C13H5Cl3F3I. The van der Waals surface area contributed by atoms with Gasteiger partial charge in [-0.2, -0.15) is 13.2 Å². The number of alkyl halides is 3. The van der Waals surface area contributed by atoms with E-state index in [1.807, 2.05) is 22.6 Å². The van der Waals surface area contributed by atoms with Crippen LogP contribution >= 0.6 is 57.4 Å². The lowest BCUT2D eigenvalue weighted by Crippen LogP contribution is -2.05. The second-order valence-electron chi connectivity index (χ2n) is 3.94. The van der Waals surface area contributed by atoms with Crippen LogP contribution in [0.5, 0.6) is 0 Å². The fourth-order valence-electron chi connectivity index (χ4n) is 1.69. The minimum Gasteiger partial charge on any atom is -0.166 e. The van der Waals surface area contributed by atoms with Crippen LogP contribution in [0, 0.1) is 3.57 Å². The highest BCUT2D eigenvalue weighted by atomic mass is 127. The maximum Gasteiger partial charge on any atom is 0.416 e. The molecule has 106 valence electrons. The molecule has 0 spiro atoms. The van der Waals surface area contributed by atoms with Gasteiger partial charge in [-0.25, -0.2) is 0 Å². The van der Waals surface area contributed by atoms with Gasteiger partial charge in [-0.15, -0.1) is 0 Å². The highest BCUT2D eigenvalue weighted by molar-refractivity contribution is 14.1. The van der Waals surface area contributed by atoms with Gasteiger partial charge in [-0.1, -0.05) is 34.8 Å². The largest absolute Gasteiger partial charge is 0.416 e. The molecule has 0 aliphatic rings. The van der Waals surface area contributed by atoms with Crippen LogP contribution in [-0.2, 0) is 6.18 Å². The molecule has 0 aliphatic carbocycles. The molecule has 0 N–H and O–H groups in total. The van der Waals surface area contributed by atoms with E-state index in [2.05, 4.69) is 0 Å². The maximum atomic E-state index is 12.8. The van der Waals surface area contributed by atoms with Crippen molar-refractivity contribution in [2.24, 2.45) is 0 Å². The molecule has 20 heavy (non-hydrogen) atoms. The normalized spacial score (nSPS) is 11.8. The van der Waals surface area contributed by atoms with Gasteiger partial charge in [-0.3, -0.25) is 0 Å². The maximum absolute atomic E-state index is 12.8. The predicted octanol–water partition coefficient (Wildman–Crippen LogP) is 6.94. The molecule has 7 heteroatoms. The summed E-state index contributed by atoms with van der Waals surface area (Å²) in [4.78, 5) is 0. The molecule has 2 aromatic carbocycles. The highest BCUT2D eigenvalue weighted by Gasteiger charge is 2.31. The molecule has 0 fully saturated rings. The van der Waals surface area contributed by atoms with Gasteiger partial charge in [0, 0.05) is 14.2 Å². The third-order valence-electron chi connectivity index (χ3n) is 2.57. The molecule has 2 rings (SSSR count). The summed E-state index contributed by atoms with van der Waals surface area (Å²) in [5.74, 6) is 0. The molecule has 2 aromatic rings. The fourth-order valence-corrected chi connectivity index (χ4v) is 3.32. The summed E-state index contributed by atoms with van der Waals surface area (Å²) >= 11 is 19.8. The lowest BCUT2D eigenvalue weighted by atomic mass is 10.0. The van der Waals surface area contributed by atoms with Crippen molar-refractivity contribution in [2.75, 3.05) is 0 Å². The molecule has 0 heterocycles. The molecule has 0 aromatic heterocycles. The molecule has 0 bridgehead atoms. The Morgan fingerprint density at radius 3 is 1.95 bits per heavy atom. The van der Waals surface area contributed by atoms with Crippen LogP contribution < -0.4 is 0 Å². The van der Waals surface area contributed by atoms with Crippen LogP contribution in [-0.4, -0.2) is 0 Å². The van der Waals surface area contributed by atoms with Crippen molar-refractivity contribution < 1.29 is 13.2 Å². The fraction of sp³-hybridized carbons (Fsp3) is 0.0769. The van der Waals surface area contributed by atoms with Crippen LogP contribution in [0.15, 0.2) is 30.3 Å². The molecule has 0 nitrogen and oxygen atoms in total. The molecule has 0 atom stereocenters. The highest BCUT2D eigenvalue weighted by Crippen LogP contribution is 2.41. The average Bonchev–Trinajstić information content (AvgIpc) is 2.28. The van der Waals surface area contributed by atoms with E-state index in [1.165, 1.54) is 18.2 Å². The van der Waals surface area contributed by atoms with E-state index in [0.717, 1.165) is 12.1 Å². The lowest BCUT2D eigenvalue weighted by molar-refractivity contribution is -0.137. The zero-order valence-electron chi connectivity index (χ0n) is 9.53. The van der Waals surface area contributed by atoms with E-state index in [4.69, 9.17) is 34.8 Å². The third-order valence-corrected chi connectivity index (χ3v) is 4.32. The smallest absolute Gasteiger partial charge is 0.166 e. The van der Waals surface area contributed by atoms with Crippen molar-refractivity contribution in [3.8, 4) is 11.1 Å². The Morgan fingerprint density at radius 1 is 0.900 bits per heavy atom. The number of rotatable bonds is 1. The molecule has 0 unspecified atom stereocenters. The van der Waals surface area contributed by atoms with Crippen molar-refractivity contribution in [1.29, 1.82) is 0 Å². The van der Waals surface area contributed by atoms with E-state index in [-0.39, 0.29) is 10.0 Å². The number of halogens is 7. The number of hydrogen-bond acceptors (Lipinski definition) is 0. The van der Waals surface area contributed by atoms with Crippen molar-refractivity contribution >= 4 is 57.4 Å². The van der Waals surface area contributed by atoms with Gasteiger partial charge in [0.1, 0.15) is 0 Å². The predicted molar refractivity (Wildman–Crippen MR) is 84.6 cm³/mol. The molecule has 0 saturated heterocycles. The van der Waals surface area contributed by atoms with Crippen LogP contribution in [0.25, 0.3) is 11.1 Å². The summed E-state index contributed by atoms with van der Waals surface area (Å²) < 4.78 is 39.0. The number of hydrogen-bond donors (Lipinski definition) is 0. The van der Waals surface area contributed by atoms with Crippen molar-refractivity contribution in [3.05, 3.63) is 54.5 Å². The Bertz CT molecular complexity index is 645. The first kappa shape index (κ1) is 16.2. The van der Waals surface area contributed by atoms with Gasteiger partial charge in [0.2, 0.25) is 0 Å². The lowest BCUT2D eigenvalue weighted by Gasteiger charge is -2.13. The molecular weight excluding hydrogens is 446 g/mol. The summed E-state index contributed by atoms with van der Waals surface area (Å²) in [6.45, 7) is 0. The Balaban J connectivity index is 2.70.